The molecule has 3 aliphatic rings. The summed E-state index contributed by atoms with van der Waals surface area (Å²) in [6, 6.07) is 96.7. The molecule has 0 saturated heterocycles. The predicted molar refractivity (Wildman–Crippen MR) is 355 cm³/mol. The maximum Gasteiger partial charge on any atom is 0.160 e. The van der Waals surface area contributed by atoms with Gasteiger partial charge in [0, 0.05) is 77.5 Å². The fourth-order valence-corrected chi connectivity index (χ4v) is 15.6. The lowest BCUT2D eigenvalue weighted by atomic mass is 9.75. The molecule has 4 heteroatoms. The quantitative estimate of drug-likeness (QED) is 0.152. The molecule has 0 aliphatic heterocycles. The van der Waals surface area contributed by atoms with Gasteiger partial charge in [-0.15, -0.1) is 11.3 Å². The molecule has 400 valence electrons. The van der Waals surface area contributed by atoms with Gasteiger partial charge in [-0.1, -0.05) is 213 Å². The van der Waals surface area contributed by atoms with Gasteiger partial charge in [-0.2, -0.15) is 0 Å². The van der Waals surface area contributed by atoms with Crippen LogP contribution in [0.5, 0.6) is 0 Å². The minimum absolute atomic E-state index is 0.196. The number of hydrogen-bond acceptors (Lipinski definition) is 3. The van der Waals surface area contributed by atoms with E-state index in [1.54, 1.807) is 0 Å². The first-order valence-electron chi connectivity index (χ1n) is 29.6. The van der Waals surface area contributed by atoms with Crippen LogP contribution in [0.3, 0.4) is 0 Å². The van der Waals surface area contributed by atoms with Crippen LogP contribution in [0.15, 0.2) is 279 Å². The van der Waals surface area contributed by atoms with Gasteiger partial charge in [0.25, 0.3) is 0 Å². The highest BCUT2D eigenvalue weighted by Crippen LogP contribution is 2.51. The molecular formula is C81H55N3S. The summed E-state index contributed by atoms with van der Waals surface area (Å²) in [5.41, 5.74) is 30.1. The Labute approximate surface area is 498 Å². The van der Waals surface area contributed by atoms with Crippen LogP contribution in [0.25, 0.3) is 110 Å². The van der Waals surface area contributed by atoms with Gasteiger partial charge >= 0.3 is 0 Å². The number of thiophene rings is 1. The van der Waals surface area contributed by atoms with Gasteiger partial charge in [0.15, 0.2) is 5.82 Å². The third-order valence-electron chi connectivity index (χ3n) is 18.3. The Hall–Kier alpha value is -10.3. The van der Waals surface area contributed by atoms with Crippen molar-refractivity contribution in [2.24, 2.45) is 0 Å². The van der Waals surface area contributed by atoms with Gasteiger partial charge in [0.2, 0.25) is 0 Å². The van der Waals surface area contributed by atoms with E-state index in [1.165, 1.54) is 109 Å². The average molecular weight is 1100 g/mol. The second kappa shape index (κ2) is 19.7. The van der Waals surface area contributed by atoms with Crippen LogP contribution in [0.2, 0.25) is 0 Å². The number of fused-ring (bicyclic) bond motifs is 12. The predicted octanol–water partition coefficient (Wildman–Crippen LogP) is 20.8. The third kappa shape index (κ3) is 8.08. The van der Waals surface area contributed by atoms with E-state index in [0.29, 0.717) is 5.82 Å². The molecule has 3 aromatic heterocycles. The van der Waals surface area contributed by atoms with E-state index in [0.717, 1.165) is 68.8 Å². The van der Waals surface area contributed by atoms with Crippen molar-refractivity contribution in [1.82, 2.24) is 14.5 Å². The van der Waals surface area contributed by atoms with Crippen LogP contribution in [0, 0.1) is 6.92 Å². The number of benzene rings is 11. The maximum absolute atomic E-state index is 5.47. The standard InChI is InChI=1S/C81H55N3S/c1-49-41-72(80-50(2)79(53-23-11-5-12-24-53)82-81(83-80)54-25-13-6-14-26-54)78-71-48-60(35-40-75(71)85-76(78)42-49)84-73-38-33-57(55-31-36-63-66(51-19-7-3-8-20-51)47-59-27-15-16-28-61(59)67(63)43-55)45-69(73)70-46-58(34-39-74(70)84)56-32-37-65-68(44-56)62-29-17-18-30-64(62)77(65)52-21-9-4-10-22-52/h3-41,43-46,48,66,77H,1,42,47H2,2H3/t66-,77?/m1/s1. The maximum atomic E-state index is 5.47. The number of allylic oxidation sites excluding steroid dienone is 2. The molecule has 85 heavy (non-hydrogen) atoms. The molecule has 0 bridgehead atoms. The highest BCUT2D eigenvalue weighted by atomic mass is 32.1. The van der Waals surface area contributed by atoms with Crippen molar-refractivity contribution in [3.63, 3.8) is 0 Å². The average Bonchev–Trinajstić information content (AvgIpc) is 2.06. The molecule has 0 radical (unpaired) electrons. The molecular weight excluding hydrogens is 1050 g/mol. The molecule has 1 unspecified atom stereocenters. The summed E-state index contributed by atoms with van der Waals surface area (Å²) in [5, 5.41) is 3.65. The normalized spacial score (nSPS) is 14.9. The Balaban J connectivity index is 0.849. The minimum Gasteiger partial charge on any atom is -0.309 e. The van der Waals surface area contributed by atoms with Crippen LogP contribution in [0.1, 0.15) is 66.9 Å². The summed E-state index contributed by atoms with van der Waals surface area (Å²) in [7, 11) is 0. The lowest BCUT2D eigenvalue weighted by Crippen LogP contribution is -2.12. The van der Waals surface area contributed by atoms with E-state index < -0.39 is 0 Å². The minimum atomic E-state index is 0.196. The molecule has 0 fully saturated rings. The molecule has 14 aromatic rings. The van der Waals surface area contributed by atoms with Crippen molar-refractivity contribution in [2.45, 2.75) is 31.6 Å². The second-order valence-corrected chi connectivity index (χ2v) is 24.4. The largest absolute Gasteiger partial charge is 0.309 e. The fourth-order valence-electron chi connectivity index (χ4n) is 14.4. The molecule has 0 amide bonds. The summed E-state index contributed by atoms with van der Waals surface area (Å²) < 4.78 is 3.75. The molecule has 3 aliphatic carbocycles. The lowest BCUT2D eigenvalue weighted by molar-refractivity contribution is 0.794. The second-order valence-electron chi connectivity index (χ2n) is 23.2. The monoisotopic (exact) mass is 1100 g/mol. The van der Waals surface area contributed by atoms with Crippen LogP contribution in [-0.2, 0) is 12.8 Å². The molecule has 0 saturated carbocycles. The van der Waals surface area contributed by atoms with E-state index in [9.17, 15) is 0 Å². The summed E-state index contributed by atoms with van der Waals surface area (Å²) in [4.78, 5) is 12.0. The third-order valence-corrected chi connectivity index (χ3v) is 19.5. The number of nitrogens with zero attached hydrogens (tertiary/aromatic N) is 3. The topological polar surface area (TPSA) is 30.7 Å². The van der Waals surface area contributed by atoms with Crippen LogP contribution >= 0.6 is 11.3 Å². The summed E-state index contributed by atoms with van der Waals surface area (Å²) in [6.45, 7) is 6.79. The molecule has 0 N–H and O–H groups in total. The van der Waals surface area contributed by atoms with Crippen molar-refractivity contribution < 1.29 is 0 Å². The van der Waals surface area contributed by atoms with Crippen LogP contribution < -0.4 is 0 Å². The van der Waals surface area contributed by atoms with E-state index >= 15 is 0 Å². The van der Waals surface area contributed by atoms with E-state index in [-0.39, 0.29) is 11.8 Å². The Morgan fingerprint density at radius 1 is 0.447 bits per heavy atom. The molecule has 3 nitrogen and oxygen atoms in total. The van der Waals surface area contributed by atoms with E-state index in [2.05, 4.69) is 279 Å². The SMILES string of the molecule is C=C1C=C(c2nc(-c3ccccc3)nc(-c3ccccc3)c2C)c2c(sc3ccc(-n4c5ccc(-c6ccc7c(c6)-c6ccccc6C7c6ccccc6)cc5c5cc(-c6ccc7c(c6)-c6ccccc6C[C@@H]7c6ccccc6)ccc54)cc23)C1. The van der Waals surface area contributed by atoms with Crippen molar-refractivity contribution in [2.75, 3.05) is 0 Å². The Morgan fingerprint density at radius 2 is 1.00 bits per heavy atom. The molecule has 3 heterocycles. The van der Waals surface area contributed by atoms with E-state index in [1.807, 2.05) is 17.4 Å². The smallest absolute Gasteiger partial charge is 0.160 e. The summed E-state index contributed by atoms with van der Waals surface area (Å²) >= 11 is 1.87. The first-order chi connectivity index (χ1) is 42.0. The zero-order valence-electron chi connectivity index (χ0n) is 46.9. The van der Waals surface area contributed by atoms with Gasteiger partial charge in [-0.05, 0) is 157 Å². The van der Waals surface area contributed by atoms with Crippen LogP contribution in [-0.4, -0.2) is 14.5 Å². The first kappa shape index (κ1) is 49.4. The van der Waals surface area contributed by atoms with Crippen LogP contribution in [0.4, 0.5) is 0 Å². The number of hydrogen-bond donors (Lipinski definition) is 0. The highest BCUT2D eigenvalue weighted by molar-refractivity contribution is 7.19. The number of rotatable bonds is 8. The summed E-state index contributed by atoms with van der Waals surface area (Å²) in [5.74, 6) is 1.19. The molecule has 11 aromatic carbocycles. The Kier molecular flexibility index (Phi) is 11.4. The summed E-state index contributed by atoms with van der Waals surface area (Å²) in [6.07, 6.45) is 4.06. The van der Waals surface area contributed by atoms with Gasteiger partial charge in [0.1, 0.15) is 0 Å². The zero-order chi connectivity index (χ0) is 56.3. The van der Waals surface area contributed by atoms with Gasteiger partial charge in [-0.25, -0.2) is 9.97 Å². The van der Waals surface area contributed by atoms with Crippen molar-refractivity contribution in [1.29, 1.82) is 0 Å². The molecule has 0 spiro atoms. The zero-order valence-corrected chi connectivity index (χ0v) is 47.7. The van der Waals surface area contributed by atoms with Gasteiger partial charge in [-0.3, -0.25) is 0 Å². The van der Waals surface area contributed by atoms with Crippen molar-refractivity contribution >= 4 is 48.8 Å². The van der Waals surface area contributed by atoms with Gasteiger partial charge in [0.05, 0.1) is 22.4 Å². The molecule has 2 atom stereocenters. The van der Waals surface area contributed by atoms with Crippen molar-refractivity contribution in [3.8, 4) is 72.8 Å². The Morgan fingerprint density at radius 3 is 1.71 bits per heavy atom. The van der Waals surface area contributed by atoms with Gasteiger partial charge < -0.3 is 4.57 Å². The fraction of sp³-hybridized carbons (Fsp3) is 0.0617. The highest BCUT2D eigenvalue weighted by Gasteiger charge is 2.32. The lowest BCUT2D eigenvalue weighted by Gasteiger charge is -2.29. The number of aromatic nitrogens is 3. The van der Waals surface area contributed by atoms with E-state index in [4.69, 9.17) is 9.97 Å². The Bertz CT molecular complexity index is 5090. The van der Waals surface area contributed by atoms with Crippen molar-refractivity contribution in [3.05, 3.63) is 334 Å². The molecule has 17 rings (SSSR count). The first-order valence-corrected chi connectivity index (χ1v) is 30.4.